The highest BCUT2D eigenvalue weighted by atomic mass is 32.2. The second-order valence-corrected chi connectivity index (χ2v) is 9.14. The van der Waals surface area contributed by atoms with Crippen LogP contribution >= 0.6 is 11.8 Å². The van der Waals surface area contributed by atoms with Gasteiger partial charge in [-0.15, -0.1) is 11.8 Å². The predicted octanol–water partition coefficient (Wildman–Crippen LogP) is 4.59. The summed E-state index contributed by atoms with van der Waals surface area (Å²) in [7, 11) is 0. The van der Waals surface area contributed by atoms with Crippen molar-refractivity contribution in [1.29, 1.82) is 0 Å². The van der Waals surface area contributed by atoms with Gasteiger partial charge in [-0.1, -0.05) is 0 Å². The quantitative estimate of drug-likeness (QED) is 0.628. The van der Waals surface area contributed by atoms with Gasteiger partial charge in [-0.25, -0.2) is 14.8 Å². The molecule has 0 atom stereocenters. The second-order valence-electron chi connectivity index (χ2n) is 8.26. The molecule has 4 rings (SSSR count). The molecule has 1 saturated heterocycles. The lowest BCUT2D eigenvalue weighted by Gasteiger charge is -2.32. The molecule has 7 nitrogen and oxygen atoms in total. The summed E-state index contributed by atoms with van der Waals surface area (Å²) in [5, 5.41) is 0. The fourth-order valence-electron chi connectivity index (χ4n) is 4.13. The van der Waals surface area contributed by atoms with Gasteiger partial charge in [0.05, 0.1) is 11.7 Å². The minimum atomic E-state index is -0.244. The lowest BCUT2D eigenvalue weighted by molar-refractivity contribution is 0.0505. The average molecular weight is 443 g/mol. The third-order valence-electron chi connectivity index (χ3n) is 5.76. The Kier molecular flexibility index (Phi) is 6.55. The summed E-state index contributed by atoms with van der Waals surface area (Å²) in [6.07, 6.45) is 5.89. The summed E-state index contributed by atoms with van der Waals surface area (Å²) in [6, 6.07) is 6.61. The van der Waals surface area contributed by atoms with Gasteiger partial charge in [0.1, 0.15) is 18.2 Å². The molecule has 0 spiro atoms. The van der Waals surface area contributed by atoms with E-state index >= 15 is 0 Å². The Labute approximate surface area is 188 Å². The largest absolute Gasteiger partial charge is 0.474 e. The molecule has 1 amide bonds. The van der Waals surface area contributed by atoms with Crippen molar-refractivity contribution in [3.63, 3.8) is 0 Å². The van der Waals surface area contributed by atoms with Crippen LogP contribution in [0.3, 0.4) is 0 Å². The number of thioether (sulfide) groups is 1. The third-order valence-corrected chi connectivity index (χ3v) is 6.49. The lowest BCUT2D eigenvalue weighted by Crippen LogP contribution is -2.42. The highest BCUT2D eigenvalue weighted by Crippen LogP contribution is 2.38. The fourth-order valence-corrected chi connectivity index (χ4v) is 4.60. The molecule has 0 radical (unpaired) electrons. The number of likely N-dealkylation sites (tertiary alicyclic amines) is 1. The summed E-state index contributed by atoms with van der Waals surface area (Å²) in [4.78, 5) is 26.4. The van der Waals surface area contributed by atoms with E-state index in [1.54, 1.807) is 23.0 Å². The topological polar surface area (TPSA) is 67.8 Å². The molecule has 0 bridgehead atoms. The van der Waals surface area contributed by atoms with Crippen molar-refractivity contribution >= 4 is 29.4 Å². The number of carbonyl (C=O) groups is 1. The summed E-state index contributed by atoms with van der Waals surface area (Å²) < 4.78 is 11.6. The van der Waals surface area contributed by atoms with Crippen molar-refractivity contribution in [1.82, 2.24) is 14.9 Å². The van der Waals surface area contributed by atoms with Crippen LogP contribution in [0, 0.1) is 6.92 Å². The first-order valence-electron chi connectivity index (χ1n) is 10.8. The summed E-state index contributed by atoms with van der Waals surface area (Å²) in [5.41, 5.74) is 3.52. The van der Waals surface area contributed by atoms with E-state index in [0.717, 1.165) is 37.2 Å². The summed E-state index contributed by atoms with van der Waals surface area (Å²) >= 11 is 1.76. The Morgan fingerprint density at radius 2 is 1.97 bits per heavy atom. The van der Waals surface area contributed by atoms with E-state index < -0.39 is 0 Å². The number of piperidine rings is 1. The van der Waals surface area contributed by atoms with Crippen LogP contribution in [0.25, 0.3) is 0 Å². The van der Waals surface area contributed by atoms with Crippen LogP contribution in [0.5, 0.6) is 5.88 Å². The lowest BCUT2D eigenvalue weighted by atomic mass is 10.1. The number of benzene rings is 1. The molecule has 0 saturated carbocycles. The van der Waals surface area contributed by atoms with Crippen molar-refractivity contribution < 1.29 is 14.3 Å². The molecule has 1 fully saturated rings. The van der Waals surface area contributed by atoms with Gasteiger partial charge in [0.2, 0.25) is 5.88 Å². The predicted molar refractivity (Wildman–Crippen MR) is 123 cm³/mol. The van der Waals surface area contributed by atoms with Gasteiger partial charge < -0.3 is 19.3 Å². The maximum Gasteiger partial charge on any atom is 0.410 e. The SMILES string of the molecule is CSc1ccc2c(c1)CCN2c1ncnc(OC2CCN(C(=O)OC(C)C)CC2)c1C. The molecule has 2 aromatic rings. The number of ether oxygens (including phenoxy) is 2. The van der Waals surface area contributed by atoms with Crippen LogP contribution < -0.4 is 9.64 Å². The van der Waals surface area contributed by atoms with Gasteiger partial charge in [0, 0.05) is 43.1 Å². The number of carbonyl (C=O) groups excluding carboxylic acids is 1. The number of hydrogen-bond donors (Lipinski definition) is 0. The first-order chi connectivity index (χ1) is 15.0. The van der Waals surface area contributed by atoms with E-state index in [1.165, 1.54) is 16.1 Å². The van der Waals surface area contributed by atoms with Crippen LogP contribution in [-0.2, 0) is 11.2 Å². The standard InChI is InChI=1S/C23H30N4O3S/c1-15(2)29-23(28)26-10-8-18(9-11-26)30-22-16(3)21(24-14-25-22)27-12-7-17-13-19(31-4)5-6-20(17)27/h5-6,13-15,18H,7-12H2,1-4H3. The summed E-state index contributed by atoms with van der Waals surface area (Å²) in [6.45, 7) is 7.91. The number of nitrogens with zero attached hydrogens (tertiary/aromatic N) is 4. The molecule has 3 heterocycles. The molecule has 1 aromatic heterocycles. The fraction of sp³-hybridized carbons (Fsp3) is 0.522. The Balaban J connectivity index is 1.44. The number of fused-ring (bicyclic) bond motifs is 1. The number of rotatable bonds is 5. The molecule has 1 aromatic carbocycles. The molecular formula is C23H30N4O3S. The maximum atomic E-state index is 12.1. The molecule has 2 aliphatic heterocycles. The number of hydrogen-bond acceptors (Lipinski definition) is 7. The zero-order valence-corrected chi connectivity index (χ0v) is 19.4. The molecule has 31 heavy (non-hydrogen) atoms. The number of aromatic nitrogens is 2. The van der Waals surface area contributed by atoms with E-state index in [1.807, 2.05) is 20.8 Å². The third kappa shape index (κ3) is 4.74. The van der Waals surface area contributed by atoms with Crippen LogP contribution in [-0.4, -0.2) is 59.1 Å². The molecule has 2 aliphatic rings. The molecule has 0 unspecified atom stereocenters. The van der Waals surface area contributed by atoms with Crippen LogP contribution in [0.1, 0.15) is 37.8 Å². The number of anilines is 2. The van der Waals surface area contributed by atoms with E-state index in [-0.39, 0.29) is 18.3 Å². The van der Waals surface area contributed by atoms with E-state index in [4.69, 9.17) is 9.47 Å². The maximum absolute atomic E-state index is 12.1. The van der Waals surface area contributed by atoms with Crippen molar-refractivity contribution in [2.24, 2.45) is 0 Å². The Morgan fingerprint density at radius 3 is 2.68 bits per heavy atom. The summed E-state index contributed by atoms with van der Waals surface area (Å²) in [5.74, 6) is 1.53. The van der Waals surface area contributed by atoms with Crippen molar-refractivity contribution in [3.05, 3.63) is 35.7 Å². The monoisotopic (exact) mass is 442 g/mol. The number of amides is 1. The Morgan fingerprint density at radius 1 is 1.19 bits per heavy atom. The zero-order chi connectivity index (χ0) is 22.0. The van der Waals surface area contributed by atoms with Crippen LogP contribution in [0.4, 0.5) is 16.3 Å². The van der Waals surface area contributed by atoms with Gasteiger partial charge in [-0.3, -0.25) is 0 Å². The van der Waals surface area contributed by atoms with Crippen LogP contribution in [0.2, 0.25) is 0 Å². The zero-order valence-electron chi connectivity index (χ0n) is 18.6. The minimum Gasteiger partial charge on any atom is -0.474 e. The van der Waals surface area contributed by atoms with Crippen molar-refractivity contribution in [2.45, 2.75) is 57.1 Å². The van der Waals surface area contributed by atoms with Crippen LogP contribution in [0.15, 0.2) is 29.4 Å². The Bertz CT molecular complexity index is 944. The molecular weight excluding hydrogens is 412 g/mol. The second kappa shape index (κ2) is 9.34. The van der Waals surface area contributed by atoms with E-state index in [0.29, 0.717) is 19.0 Å². The first-order valence-corrected chi connectivity index (χ1v) is 12.1. The molecule has 0 aliphatic carbocycles. The van der Waals surface area contributed by atoms with Crippen molar-refractivity contribution in [3.8, 4) is 5.88 Å². The first kappa shape index (κ1) is 21.7. The van der Waals surface area contributed by atoms with Crippen molar-refractivity contribution in [2.75, 3.05) is 30.8 Å². The van der Waals surface area contributed by atoms with Gasteiger partial charge in [-0.2, -0.15) is 0 Å². The smallest absolute Gasteiger partial charge is 0.410 e. The highest BCUT2D eigenvalue weighted by Gasteiger charge is 2.28. The Hall–Kier alpha value is -2.48. The minimum absolute atomic E-state index is 0.0274. The molecule has 166 valence electrons. The van der Waals surface area contributed by atoms with Gasteiger partial charge in [-0.05, 0) is 57.2 Å². The molecule has 8 heteroatoms. The van der Waals surface area contributed by atoms with Gasteiger partial charge in [0.25, 0.3) is 0 Å². The van der Waals surface area contributed by atoms with Gasteiger partial charge >= 0.3 is 6.09 Å². The van der Waals surface area contributed by atoms with Gasteiger partial charge in [0.15, 0.2) is 0 Å². The molecule has 0 N–H and O–H groups in total. The average Bonchev–Trinajstić information content (AvgIpc) is 3.18. The van der Waals surface area contributed by atoms with E-state index in [2.05, 4.69) is 39.3 Å². The highest BCUT2D eigenvalue weighted by molar-refractivity contribution is 7.98. The normalized spacial score (nSPS) is 16.5. The van der Waals surface area contributed by atoms with E-state index in [9.17, 15) is 4.79 Å².